The third-order valence-corrected chi connectivity index (χ3v) is 4.77. The Balaban J connectivity index is 2.24. The highest BCUT2D eigenvalue weighted by Crippen LogP contribution is 2.44. The topological polar surface area (TPSA) is 53.3 Å². The molecule has 0 heterocycles. The van der Waals surface area contributed by atoms with Gasteiger partial charge in [0.1, 0.15) is 23.3 Å². The minimum Gasteiger partial charge on any atom is -0.455 e. The number of carbonyl (C=O) groups is 1. The van der Waals surface area contributed by atoms with Crippen LogP contribution in [0, 0.1) is 29.9 Å². The number of alkyl halides is 3. The van der Waals surface area contributed by atoms with Gasteiger partial charge in [-0.3, -0.25) is 9.69 Å². The van der Waals surface area contributed by atoms with Gasteiger partial charge in [0.25, 0.3) is 0 Å². The third kappa shape index (κ3) is 4.50. The molecular weight excluding hydrogens is 455 g/mol. The van der Waals surface area contributed by atoms with Gasteiger partial charge in [0.05, 0.1) is 21.8 Å². The summed E-state index contributed by atoms with van der Waals surface area (Å²) in [6.45, 7) is 1.48. The number of anilines is 2. The summed E-state index contributed by atoms with van der Waals surface area (Å²) >= 11 is 5.87. The van der Waals surface area contributed by atoms with Gasteiger partial charge in [-0.2, -0.15) is 18.4 Å². The van der Waals surface area contributed by atoms with Gasteiger partial charge in [0, 0.05) is 0 Å². The number of nitriles is 1. The van der Waals surface area contributed by atoms with E-state index in [9.17, 15) is 22.4 Å². The Morgan fingerprint density at radius 1 is 1.06 bits per heavy atom. The summed E-state index contributed by atoms with van der Waals surface area (Å²) < 4.78 is 74.1. The first-order valence-corrected chi connectivity index (χ1v) is 9.22. The van der Waals surface area contributed by atoms with Crippen molar-refractivity contribution in [2.24, 2.45) is 0 Å². The van der Waals surface area contributed by atoms with Gasteiger partial charge in [0.2, 0.25) is 6.41 Å². The molecule has 10 heteroatoms. The van der Waals surface area contributed by atoms with Crippen molar-refractivity contribution >= 4 is 29.4 Å². The lowest BCUT2D eigenvalue weighted by Crippen LogP contribution is -2.19. The van der Waals surface area contributed by atoms with E-state index in [0.717, 1.165) is 24.3 Å². The van der Waals surface area contributed by atoms with Crippen LogP contribution in [0.1, 0.15) is 16.7 Å². The van der Waals surface area contributed by atoms with Crippen molar-refractivity contribution in [3.63, 3.8) is 0 Å². The summed E-state index contributed by atoms with van der Waals surface area (Å²) in [5, 5.41) is 9.19. The molecule has 0 N–H and O–H groups in total. The highest BCUT2D eigenvalue weighted by molar-refractivity contribution is 6.31. The zero-order valence-corrected chi connectivity index (χ0v) is 16.9. The second-order valence-corrected chi connectivity index (χ2v) is 6.94. The molecule has 0 radical (unpaired) electrons. The maximum atomic E-state index is 15.1. The third-order valence-electron chi connectivity index (χ3n) is 4.44. The van der Waals surface area contributed by atoms with Crippen LogP contribution in [-0.4, -0.2) is 6.41 Å². The first-order valence-electron chi connectivity index (χ1n) is 8.84. The molecule has 3 aromatic rings. The summed E-state index contributed by atoms with van der Waals surface area (Å²) in [6, 6.07) is 10.1. The van der Waals surface area contributed by atoms with Gasteiger partial charge < -0.3 is 4.74 Å². The van der Waals surface area contributed by atoms with Crippen LogP contribution in [0.25, 0.3) is 0 Å². The molecule has 0 aliphatic carbocycles. The maximum absolute atomic E-state index is 15.1. The minimum absolute atomic E-state index is 0.0324. The number of aryl methyl sites for hydroxylation is 1. The molecule has 0 unspecified atom stereocenters. The van der Waals surface area contributed by atoms with E-state index in [2.05, 4.69) is 0 Å². The van der Waals surface area contributed by atoms with E-state index in [-0.39, 0.29) is 34.0 Å². The van der Waals surface area contributed by atoms with E-state index in [0.29, 0.717) is 11.0 Å². The van der Waals surface area contributed by atoms with Crippen LogP contribution in [-0.2, 0) is 11.0 Å². The molecule has 0 spiro atoms. The van der Waals surface area contributed by atoms with Crippen LogP contribution in [0.5, 0.6) is 11.5 Å². The SMILES string of the molecule is Cc1cc(F)ccc1Oc1ccc(C(F)(F)F)c(F)c1N(C=O)c1ccc(Cl)c(C#N)c1. The largest absolute Gasteiger partial charge is 0.455 e. The van der Waals surface area contributed by atoms with E-state index in [1.807, 2.05) is 0 Å². The summed E-state index contributed by atoms with van der Waals surface area (Å²) in [4.78, 5) is 12.4. The Kier molecular flexibility index (Phi) is 6.37. The number of hydrogen-bond donors (Lipinski definition) is 0. The van der Waals surface area contributed by atoms with Crippen LogP contribution in [0.15, 0.2) is 48.5 Å². The highest BCUT2D eigenvalue weighted by atomic mass is 35.5. The van der Waals surface area contributed by atoms with Crippen molar-refractivity contribution in [3.05, 3.63) is 81.9 Å². The second kappa shape index (κ2) is 8.85. The quantitative estimate of drug-likeness (QED) is 0.303. The fourth-order valence-electron chi connectivity index (χ4n) is 2.91. The summed E-state index contributed by atoms with van der Waals surface area (Å²) in [5.41, 5.74) is -2.39. The van der Waals surface area contributed by atoms with Crippen molar-refractivity contribution in [1.29, 1.82) is 5.26 Å². The Labute approximate surface area is 184 Å². The van der Waals surface area contributed by atoms with Crippen LogP contribution in [0.3, 0.4) is 0 Å². The summed E-state index contributed by atoms with van der Waals surface area (Å²) in [6.07, 6.45) is -4.98. The Hall–Kier alpha value is -3.64. The fraction of sp³-hybridized carbons (Fsp3) is 0.0909. The number of amides is 1. The van der Waals surface area contributed by atoms with Gasteiger partial charge in [-0.05, 0) is 61.0 Å². The molecule has 32 heavy (non-hydrogen) atoms. The van der Waals surface area contributed by atoms with E-state index in [1.165, 1.54) is 25.1 Å². The van der Waals surface area contributed by atoms with Crippen molar-refractivity contribution in [3.8, 4) is 17.6 Å². The Morgan fingerprint density at radius 3 is 2.34 bits per heavy atom. The molecule has 0 bridgehead atoms. The number of nitrogens with zero attached hydrogens (tertiary/aromatic N) is 2. The zero-order valence-electron chi connectivity index (χ0n) is 16.2. The Bertz CT molecular complexity index is 1240. The van der Waals surface area contributed by atoms with Crippen molar-refractivity contribution in [2.45, 2.75) is 13.1 Å². The lowest BCUT2D eigenvalue weighted by molar-refractivity contribution is -0.140. The molecule has 0 saturated heterocycles. The fourth-order valence-corrected chi connectivity index (χ4v) is 3.07. The number of ether oxygens (including phenoxy) is 1. The Morgan fingerprint density at radius 2 is 1.75 bits per heavy atom. The second-order valence-electron chi connectivity index (χ2n) is 6.53. The molecule has 0 atom stereocenters. The van der Waals surface area contributed by atoms with E-state index in [4.69, 9.17) is 21.6 Å². The summed E-state index contributed by atoms with van der Waals surface area (Å²) in [7, 11) is 0. The first kappa shape index (κ1) is 23.0. The van der Waals surface area contributed by atoms with E-state index < -0.39 is 34.8 Å². The lowest BCUT2D eigenvalue weighted by atomic mass is 10.1. The van der Waals surface area contributed by atoms with Gasteiger partial charge in [-0.25, -0.2) is 8.78 Å². The standard InChI is InChI=1S/C22H12ClF5N2O2/c1-12-8-14(24)2-6-18(12)32-19-7-4-16(22(26,27)28)20(25)21(19)30(11-31)15-3-5-17(23)13(9-15)10-29/h2-9,11H,1H3. The molecule has 3 aromatic carbocycles. The average Bonchev–Trinajstić information content (AvgIpc) is 2.72. The molecule has 164 valence electrons. The molecule has 0 aromatic heterocycles. The van der Waals surface area contributed by atoms with Gasteiger partial charge in [0.15, 0.2) is 11.6 Å². The monoisotopic (exact) mass is 466 g/mol. The van der Waals surface area contributed by atoms with Crippen molar-refractivity contribution < 1.29 is 31.5 Å². The molecule has 0 saturated carbocycles. The van der Waals surface area contributed by atoms with E-state index >= 15 is 4.39 Å². The smallest absolute Gasteiger partial charge is 0.419 e. The van der Waals surface area contributed by atoms with E-state index in [1.54, 1.807) is 6.07 Å². The average molecular weight is 467 g/mol. The normalized spacial score (nSPS) is 11.1. The zero-order chi connectivity index (χ0) is 23.6. The number of halogens is 6. The molecule has 0 fully saturated rings. The lowest BCUT2D eigenvalue weighted by Gasteiger charge is -2.24. The van der Waals surface area contributed by atoms with Crippen LogP contribution in [0.4, 0.5) is 33.3 Å². The van der Waals surface area contributed by atoms with Gasteiger partial charge in [-0.15, -0.1) is 0 Å². The van der Waals surface area contributed by atoms with Crippen LogP contribution in [0.2, 0.25) is 5.02 Å². The van der Waals surface area contributed by atoms with Crippen molar-refractivity contribution in [2.75, 3.05) is 4.90 Å². The van der Waals surface area contributed by atoms with Crippen LogP contribution >= 0.6 is 11.6 Å². The molecule has 3 rings (SSSR count). The number of carbonyl (C=O) groups excluding carboxylic acids is 1. The molecule has 0 aliphatic heterocycles. The molecular formula is C22H12ClF5N2O2. The number of hydrogen-bond acceptors (Lipinski definition) is 3. The van der Waals surface area contributed by atoms with Crippen molar-refractivity contribution in [1.82, 2.24) is 0 Å². The number of rotatable bonds is 5. The predicted octanol–water partition coefficient (Wildman–Crippen LogP) is 6.90. The molecule has 0 aliphatic rings. The highest BCUT2D eigenvalue weighted by Gasteiger charge is 2.37. The minimum atomic E-state index is -5.06. The van der Waals surface area contributed by atoms with Gasteiger partial charge in [-0.1, -0.05) is 11.6 Å². The first-order chi connectivity index (χ1) is 15.1. The van der Waals surface area contributed by atoms with Crippen LogP contribution < -0.4 is 9.64 Å². The predicted molar refractivity (Wildman–Crippen MR) is 107 cm³/mol. The number of benzene rings is 3. The van der Waals surface area contributed by atoms with Gasteiger partial charge >= 0.3 is 6.18 Å². The molecule has 1 amide bonds. The molecule has 4 nitrogen and oxygen atoms in total. The maximum Gasteiger partial charge on any atom is 0.419 e. The summed E-state index contributed by atoms with van der Waals surface area (Å²) in [5.74, 6) is -2.75.